The molecule has 4 heterocycles. The summed E-state index contributed by atoms with van der Waals surface area (Å²) in [5.41, 5.74) is 7.95. The third kappa shape index (κ3) is 4.89. The first-order chi connectivity index (χ1) is 18.6. The molecule has 0 bridgehead atoms. The van der Waals surface area contributed by atoms with Crippen molar-refractivity contribution in [3.05, 3.63) is 79.1 Å². The van der Waals surface area contributed by atoms with Crippen LogP contribution in [0.4, 0.5) is 23.3 Å². The van der Waals surface area contributed by atoms with E-state index in [4.69, 9.17) is 10.5 Å². The fraction of sp³-hybridized carbons (Fsp3) is 0.179. The van der Waals surface area contributed by atoms with Gasteiger partial charge in [-0.2, -0.15) is 0 Å². The van der Waals surface area contributed by atoms with Crippen LogP contribution < -0.4 is 20.7 Å². The van der Waals surface area contributed by atoms with Crippen molar-refractivity contribution < 1.29 is 9.84 Å². The number of benzene rings is 2. The largest absolute Gasteiger partial charge is 0.438 e. The molecule has 6 rings (SSSR count). The average Bonchev–Trinajstić information content (AvgIpc) is 2.95. The van der Waals surface area contributed by atoms with Crippen LogP contribution in [0, 0.1) is 0 Å². The molecule has 0 radical (unpaired) electrons. The van der Waals surface area contributed by atoms with Crippen molar-refractivity contribution in [2.24, 2.45) is 0 Å². The molecular formula is C28H26N8O2. The Morgan fingerprint density at radius 3 is 2.45 bits per heavy atom. The molecule has 0 saturated carbocycles. The number of hydrogen-bond acceptors (Lipinski definition) is 10. The van der Waals surface area contributed by atoms with Crippen LogP contribution in [-0.4, -0.2) is 49.4 Å². The van der Waals surface area contributed by atoms with Crippen LogP contribution >= 0.6 is 0 Å². The molecule has 2 aromatic carbocycles. The second kappa shape index (κ2) is 10.3. The predicted octanol–water partition coefficient (Wildman–Crippen LogP) is 4.56. The lowest BCUT2D eigenvalue weighted by atomic mass is 10.1. The highest BCUT2D eigenvalue weighted by atomic mass is 16.5. The van der Waals surface area contributed by atoms with Gasteiger partial charge in [-0.25, -0.2) is 15.0 Å². The van der Waals surface area contributed by atoms with Crippen molar-refractivity contribution in [1.82, 2.24) is 25.1 Å². The molecule has 10 heteroatoms. The van der Waals surface area contributed by atoms with Crippen LogP contribution in [0.2, 0.25) is 0 Å². The Kier molecular flexibility index (Phi) is 6.37. The Labute approximate surface area is 219 Å². The van der Waals surface area contributed by atoms with Crippen LogP contribution in [-0.2, 0) is 0 Å². The van der Waals surface area contributed by atoms with Crippen LogP contribution in [0.1, 0.15) is 12.8 Å². The average molecular weight is 507 g/mol. The van der Waals surface area contributed by atoms with Crippen molar-refractivity contribution in [3.63, 3.8) is 0 Å². The minimum absolute atomic E-state index is 0.186. The number of anilines is 4. The predicted molar refractivity (Wildman–Crippen MR) is 146 cm³/mol. The van der Waals surface area contributed by atoms with Gasteiger partial charge in [0.2, 0.25) is 11.8 Å². The zero-order valence-electron chi connectivity index (χ0n) is 20.5. The summed E-state index contributed by atoms with van der Waals surface area (Å²) in [5, 5.41) is 24.3. The summed E-state index contributed by atoms with van der Waals surface area (Å²) in [7, 11) is 0. The number of nitrogens with zero attached hydrogens (tertiary/aromatic N) is 6. The van der Waals surface area contributed by atoms with Crippen LogP contribution in [0.15, 0.2) is 79.1 Å². The van der Waals surface area contributed by atoms with E-state index in [1.165, 1.54) is 0 Å². The highest BCUT2D eigenvalue weighted by molar-refractivity contribution is 5.99. The minimum atomic E-state index is -0.242. The normalized spacial score (nSPS) is 14.0. The van der Waals surface area contributed by atoms with Crippen LogP contribution in [0.25, 0.3) is 22.0 Å². The SMILES string of the molecule is Nc1nccc(-c2cccnc2Oc2ccc(Nc3nnc(N4CCC(O)CC4)c4ccccc34)cc2)n1. The third-order valence-corrected chi connectivity index (χ3v) is 6.48. The summed E-state index contributed by atoms with van der Waals surface area (Å²) >= 11 is 0. The Bertz CT molecular complexity index is 1570. The van der Waals surface area contributed by atoms with E-state index in [2.05, 4.69) is 41.4 Å². The molecular weight excluding hydrogens is 480 g/mol. The van der Waals surface area contributed by atoms with Gasteiger partial charge < -0.3 is 25.8 Å². The summed E-state index contributed by atoms with van der Waals surface area (Å²) in [5.74, 6) is 2.74. The number of aliphatic hydroxyl groups excluding tert-OH is 1. The smallest absolute Gasteiger partial charge is 0.228 e. The monoisotopic (exact) mass is 506 g/mol. The molecule has 10 nitrogen and oxygen atoms in total. The van der Waals surface area contributed by atoms with Gasteiger partial charge in [-0.3, -0.25) is 0 Å². The number of pyridine rings is 1. The van der Waals surface area contributed by atoms with Gasteiger partial charge in [0.1, 0.15) is 5.75 Å². The number of piperidine rings is 1. The molecule has 190 valence electrons. The number of hydrogen-bond donors (Lipinski definition) is 3. The van der Waals surface area contributed by atoms with Gasteiger partial charge in [0, 0.05) is 41.9 Å². The molecule has 3 aromatic heterocycles. The van der Waals surface area contributed by atoms with Gasteiger partial charge in [-0.15, -0.1) is 10.2 Å². The summed E-state index contributed by atoms with van der Waals surface area (Å²) in [6.07, 6.45) is 4.49. The van der Waals surface area contributed by atoms with Crippen molar-refractivity contribution in [2.45, 2.75) is 18.9 Å². The Morgan fingerprint density at radius 2 is 1.66 bits per heavy atom. The molecule has 0 atom stereocenters. The lowest BCUT2D eigenvalue weighted by Gasteiger charge is -2.31. The number of rotatable bonds is 6. The highest BCUT2D eigenvalue weighted by Gasteiger charge is 2.21. The van der Waals surface area contributed by atoms with E-state index in [1.54, 1.807) is 18.5 Å². The molecule has 4 N–H and O–H groups in total. The van der Waals surface area contributed by atoms with Crippen molar-refractivity contribution >= 4 is 34.0 Å². The highest BCUT2D eigenvalue weighted by Crippen LogP contribution is 2.33. The van der Waals surface area contributed by atoms with Gasteiger partial charge in [0.25, 0.3) is 0 Å². The molecule has 0 unspecified atom stereocenters. The Morgan fingerprint density at radius 1 is 0.868 bits per heavy atom. The van der Waals surface area contributed by atoms with Crippen LogP contribution in [0.3, 0.4) is 0 Å². The van der Waals surface area contributed by atoms with Gasteiger partial charge in [0.05, 0.1) is 17.4 Å². The second-order valence-corrected chi connectivity index (χ2v) is 9.04. The number of ether oxygens (including phenoxy) is 1. The van der Waals surface area contributed by atoms with E-state index in [0.29, 0.717) is 28.7 Å². The zero-order valence-corrected chi connectivity index (χ0v) is 20.5. The topological polar surface area (TPSA) is 135 Å². The minimum Gasteiger partial charge on any atom is -0.438 e. The van der Waals surface area contributed by atoms with E-state index in [0.717, 1.165) is 48.2 Å². The van der Waals surface area contributed by atoms with Crippen LogP contribution in [0.5, 0.6) is 11.6 Å². The van der Waals surface area contributed by atoms with Gasteiger partial charge in [-0.05, 0) is 55.3 Å². The van der Waals surface area contributed by atoms with E-state index in [9.17, 15) is 5.11 Å². The maximum Gasteiger partial charge on any atom is 0.228 e. The van der Waals surface area contributed by atoms with E-state index < -0.39 is 0 Å². The number of nitrogen functional groups attached to an aromatic ring is 1. The second-order valence-electron chi connectivity index (χ2n) is 9.04. The number of nitrogens with two attached hydrogens (primary N) is 1. The molecule has 38 heavy (non-hydrogen) atoms. The number of aromatic nitrogens is 5. The van der Waals surface area contributed by atoms with E-state index >= 15 is 0 Å². The molecule has 0 aliphatic carbocycles. The molecule has 1 saturated heterocycles. The molecule has 1 fully saturated rings. The number of nitrogens with one attached hydrogen (secondary N) is 1. The van der Waals surface area contributed by atoms with Gasteiger partial charge in [-0.1, -0.05) is 24.3 Å². The third-order valence-electron chi connectivity index (χ3n) is 6.48. The Hall–Kier alpha value is -4.83. The first-order valence-electron chi connectivity index (χ1n) is 12.4. The molecule has 5 aromatic rings. The van der Waals surface area contributed by atoms with Crippen molar-refractivity contribution in [1.29, 1.82) is 0 Å². The Balaban J connectivity index is 1.22. The summed E-state index contributed by atoms with van der Waals surface area (Å²) in [4.78, 5) is 14.8. The molecule has 1 aliphatic rings. The fourth-order valence-corrected chi connectivity index (χ4v) is 4.54. The van der Waals surface area contributed by atoms with E-state index in [-0.39, 0.29) is 12.1 Å². The molecule has 0 spiro atoms. The number of aliphatic hydroxyl groups is 1. The van der Waals surface area contributed by atoms with Gasteiger partial charge in [0.15, 0.2) is 11.6 Å². The fourth-order valence-electron chi connectivity index (χ4n) is 4.54. The number of fused-ring (bicyclic) bond motifs is 1. The maximum absolute atomic E-state index is 9.88. The first-order valence-corrected chi connectivity index (χ1v) is 12.4. The standard InChI is InChI=1S/C28H26N8O2/c29-28-31-15-11-24(33-28)23-6-3-14-30-27(23)38-20-9-7-18(8-10-20)32-25-21-4-1-2-5-22(21)26(35-34-25)36-16-12-19(37)13-17-36/h1-11,14-15,19,37H,12-13,16-17H2,(H,32,34)(H2,29,31,33). The summed E-state index contributed by atoms with van der Waals surface area (Å²) in [6, 6.07) is 21.1. The summed E-state index contributed by atoms with van der Waals surface area (Å²) in [6.45, 7) is 1.52. The van der Waals surface area contributed by atoms with Gasteiger partial charge >= 0.3 is 0 Å². The van der Waals surface area contributed by atoms with E-state index in [1.807, 2.05) is 54.6 Å². The first kappa shape index (κ1) is 23.6. The molecule has 1 aliphatic heterocycles. The lowest BCUT2D eigenvalue weighted by molar-refractivity contribution is 0.145. The maximum atomic E-state index is 9.88. The lowest BCUT2D eigenvalue weighted by Crippen LogP contribution is -2.36. The zero-order chi connectivity index (χ0) is 25.9. The summed E-state index contributed by atoms with van der Waals surface area (Å²) < 4.78 is 6.08. The van der Waals surface area contributed by atoms with Crippen molar-refractivity contribution in [3.8, 4) is 22.9 Å². The molecule has 0 amide bonds. The van der Waals surface area contributed by atoms with Crippen molar-refractivity contribution in [2.75, 3.05) is 29.0 Å². The quantitative estimate of drug-likeness (QED) is 0.301.